The van der Waals surface area contributed by atoms with E-state index in [0.29, 0.717) is 30.0 Å². The minimum atomic E-state index is -4.32. The van der Waals surface area contributed by atoms with Gasteiger partial charge in [-0.05, 0) is 24.6 Å². The number of hydrogen-bond acceptors (Lipinski definition) is 5. The summed E-state index contributed by atoms with van der Waals surface area (Å²) in [6.45, 7) is 2.26. The molecule has 25 heavy (non-hydrogen) atoms. The van der Waals surface area contributed by atoms with E-state index in [0.717, 1.165) is 12.1 Å². The molecule has 138 valence electrons. The molecule has 0 unspecified atom stereocenters. The number of alkyl halides is 3. The zero-order valence-corrected chi connectivity index (χ0v) is 13.2. The maximum absolute atomic E-state index is 12.3. The normalized spacial score (nSPS) is 11.6. The Morgan fingerprint density at radius 2 is 1.64 bits per heavy atom. The van der Waals surface area contributed by atoms with Gasteiger partial charge in [0.1, 0.15) is 6.61 Å². The highest BCUT2D eigenvalue weighted by atomic mass is 19.4. The van der Waals surface area contributed by atoms with Crippen LogP contribution < -0.4 is 5.73 Å². The first kappa shape index (κ1) is 22.1. The van der Waals surface area contributed by atoms with Gasteiger partial charge >= 0.3 is 18.1 Å². The largest absolute Gasteiger partial charge is 0.478 e. The maximum atomic E-state index is 12.3. The van der Waals surface area contributed by atoms with Crippen molar-refractivity contribution in [3.63, 3.8) is 0 Å². The standard InChI is InChI=1S/C11H13F3N2O.C4H4O4/c1-8(16-17-7-6-15)9-2-4-10(5-3-9)11(12,13)14;5-3(6)1-2-4(7)8/h2-5H,6-7,15H2,1H3;1-2H,(H,5,6)(H,7,8)/b16-8+;2-1-. The van der Waals surface area contributed by atoms with Crippen molar-refractivity contribution in [1.29, 1.82) is 0 Å². The third kappa shape index (κ3) is 10.5. The third-order valence-electron chi connectivity index (χ3n) is 2.41. The fraction of sp³-hybridized carbons (Fsp3) is 0.267. The summed E-state index contributed by atoms with van der Waals surface area (Å²) < 4.78 is 36.9. The number of rotatable bonds is 6. The van der Waals surface area contributed by atoms with Gasteiger partial charge in [0.25, 0.3) is 0 Å². The van der Waals surface area contributed by atoms with Crippen LogP contribution in [0.5, 0.6) is 0 Å². The van der Waals surface area contributed by atoms with E-state index in [1.807, 2.05) is 0 Å². The average Bonchev–Trinajstić information content (AvgIpc) is 2.53. The third-order valence-corrected chi connectivity index (χ3v) is 2.41. The van der Waals surface area contributed by atoms with Crippen LogP contribution >= 0.6 is 0 Å². The molecule has 1 aromatic carbocycles. The van der Waals surface area contributed by atoms with Crippen LogP contribution in [0.2, 0.25) is 0 Å². The lowest BCUT2D eigenvalue weighted by atomic mass is 10.1. The molecule has 0 aliphatic rings. The van der Waals surface area contributed by atoms with Crippen LogP contribution in [0.15, 0.2) is 41.6 Å². The van der Waals surface area contributed by atoms with Gasteiger partial charge < -0.3 is 20.8 Å². The second-order valence-electron chi connectivity index (χ2n) is 4.38. The number of benzene rings is 1. The van der Waals surface area contributed by atoms with E-state index >= 15 is 0 Å². The zero-order valence-electron chi connectivity index (χ0n) is 13.2. The van der Waals surface area contributed by atoms with Crippen molar-refractivity contribution in [3.05, 3.63) is 47.5 Å². The highest BCUT2D eigenvalue weighted by Crippen LogP contribution is 2.29. The van der Waals surface area contributed by atoms with Crippen LogP contribution in [0, 0.1) is 0 Å². The second-order valence-corrected chi connectivity index (χ2v) is 4.38. The van der Waals surface area contributed by atoms with Gasteiger partial charge in [-0.15, -0.1) is 0 Å². The van der Waals surface area contributed by atoms with Crippen LogP contribution in [-0.2, 0) is 20.6 Å². The Kier molecular flexibility index (Phi) is 9.57. The Morgan fingerprint density at radius 1 is 1.16 bits per heavy atom. The van der Waals surface area contributed by atoms with E-state index in [1.54, 1.807) is 6.92 Å². The molecule has 0 atom stereocenters. The van der Waals surface area contributed by atoms with E-state index in [9.17, 15) is 22.8 Å². The molecule has 10 heteroatoms. The van der Waals surface area contributed by atoms with Gasteiger partial charge in [-0.3, -0.25) is 0 Å². The number of nitrogens with two attached hydrogens (primary N) is 1. The first-order valence-electron chi connectivity index (χ1n) is 6.76. The monoisotopic (exact) mass is 362 g/mol. The zero-order chi connectivity index (χ0) is 19.5. The van der Waals surface area contributed by atoms with Crippen molar-refractivity contribution in [2.24, 2.45) is 10.9 Å². The molecule has 0 aromatic heterocycles. The quantitative estimate of drug-likeness (QED) is 0.308. The van der Waals surface area contributed by atoms with Crippen LogP contribution in [0.3, 0.4) is 0 Å². The van der Waals surface area contributed by atoms with E-state index < -0.39 is 23.7 Å². The summed E-state index contributed by atoms with van der Waals surface area (Å²) in [5.41, 5.74) is 5.60. The summed E-state index contributed by atoms with van der Waals surface area (Å²) in [5.74, 6) is -2.51. The smallest absolute Gasteiger partial charge is 0.416 e. The van der Waals surface area contributed by atoms with Gasteiger partial charge in [0.2, 0.25) is 0 Å². The molecule has 1 rings (SSSR count). The molecular formula is C15H17F3N2O5. The topological polar surface area (TPSA) is 122 Å². The molecule has 7 nitrogen and oxygen atoms in total. The molecule has 0 saturated carbocycles. The molecule has 0 radical (unpaired) electrons. The SMILES string of the molecule is C/C(=N\OCCN)c1ccc(C(F)(F)F)cc1.O=C(O)/C=C\C(=O)O. The number of carboxylic acids is 2. The summed E-state index contributed by atoms with van der Waals surface area (Å²) in [6.07, 6.45) is -3.20. The average molecular weight is 362 g/mol. The Labute approximate surface area is 141 Å². The summed E-state index contributed by atoms with van der Waals surface area (Å²) in [4.78, 5) is 23.9. The van der Waals surface area contributed by atoms with Crippen LogP contribution in [0.25, 0.3) is 0 Å². The van der Waals surface area contributed by atoms with Crippen molar-refractivity contribution in [2.75, 3.05) is 13.2 Å². The number of oxime groups is 1. The minimum Gasteiger partial charge on any atom is -0.478 e. The Bertz CT molecular complexity index is 609. The van der Waals surface area contributed by atoms with Crippen LogP contribution in [0.1, 0.15) is 18.1 Å². The lowest BCUT2D eigenvalue weighted by molar-refractivity contribution is -0.137. The highest BCUT2D eigenvalue weighted by molar-refractivity contribution is 5.98. The molecule has 0 aliphatic heterocycles. The fourth-order valence-corrected chi connectivity index (χ4v) is 1.29. The molecule has 0 spiro atoms. The highest BCUT2D eigenvalue weighted by Gasteiger charge is 2.29. The molecular weight excluding hydrogens is 345 g/mol. The van der Waals surface area contributed by atoms with Gasteiger partial charge in [0.05, 0.1) is 11.3 Å². The molecule has 0 amide bonds. The molecule has 0 bridgehead atoms. The number of halogens is 3. The predicted octanol–water partition coefficient (Wildman–Crippen LogP) is 2.12. The number of hydrogen-bond donors (Lipinski definition) is 3. The second kappa shape index (κ2) is 10.8. The number of carboxylic acid groups (broad SMARTS) is 2. The molecule has 0 fully saturated rings. The summed E-state index contributed by atoms with van der Waals surface area (Å²) in [6, 6.07) is 4.73. The summed E-state index contributed by atoms with van der Waals surface area (Å²) in [7, 11) is 0. The first-order valence-corrected chi connectivity index (χ1v) is 6.76. The van der Waals surface area contributed by atoms with Gasteiger partial charge in [-0.1, -0.05) is 17.3 Å². The Hall–Kier alpha value is -2.88. The van der Waals surface area contributed by atoms with Gasteiger partial charge in [0.15, 0.2) is 0 Å². The first-order chi connectivity index (χ1) is 11.6. The van der Waals surface area contributed by atoms with E-state index in [1.165, 1.54) is 12.1 Å². The lowest BCUT2D eigenvalue weighted by Gasteiger charge is -2.07. The predicted molar refractivity (Wildman–Crippen MR) is 83.1 cm³/mol. The molecule has 4 N–H and O–H groups in total. The molecule has 0 aliphatic carbocycles. The van der Waals surface area contributed by atoms with Crippen molar-refractivity contribution in [1.82, 2.24) is 0 Å². The summed E-state index contributed by atoms with van der Waals surface area (Å²) in [5, 5.41) is 19.4. The van der Waals surface area contributed by atoms with Gasteiger partial charge in [0, 0.05) is 18.7 Å². The van der Waals surface area contributed by atoms with Crippen LogP contribution in [0.4, 0.5) is 13.2 Å². The number of nitrogens with zero attached hydrogens (tertiary/aromatic N) is 1. The summed E-state index contributed by atoms with van der Waals surface area (Å²) >= 11 is 0. The Balaban J connectivity index is 0.000000609. The number of aliphatic carboxylic acids is 2. The lowest BCUT2D eigenvalue weighted by Crippen LogP contribution is -2.07. The van der Waals surface area contributed by atoms with Crippen molar-refractivity contribution in [2.45, 2.75) is 13.1 Å². The van der Waals surface area contributed by atoms with E-state index in [4.69, 9.17) is 20.8 Å². The van der Waals surface area contributed by atoms with Crippen LogP contribution in [-0.4, -0.2) is 41.0 Å². The maximum Gasteiger partial charge on any atom is 0.416 e. The van der Waals surface area contributed by atoms with Gasteiger partial charge in [-0.2, -0.15) is 13.2 Å². The number of carbonyl (C=O) groups is 2. The van der Waals surface area contributed by atoms with Gasteiger partial charge in [-0.25, -0.2) is 9.59 Å². The fourth-order valence-electron chi connectivity index (χ4n) is 1.29. The molecule has 1 aromatic rings. The van der Waals surface area contributed by atoms with Crippen molar-refractivity contribution in [3.8, 4) is 0 Å². The van der Waals surface area contributed by atoms with Crippen molar-refractivity contribution < 1.29 is 37.8 Å². The minimum absolute atomic E-state index is 0.276. The Morgan fingerprint density at radius 3 is 2.00 bits per heavy atom. The van der Waals surface area contributed by atoms with E-state index in [2.05, 4.69) is 5.16 Å². The molecule has 0 heterocycles. The van der Waals surface area contributed by atoms with Crippen molar-refractivity contribution >= 4 is 17.7 Å². The molecule has 0 saturated heterocycles. The van der Waals surface area contributed by atoms with E-state index in [-0.39, 0.29) is 6.61 Å².